The van der Waals surface area contributed by atoms with Gasteiger partial charge in [0.15, 0.2) is 0 Å². The first-order valence-electron chi connectivity index (χ1n) is 9.50. The van der Waals surface area contributed by atoms with Gasteiger partial charge in [0.05, 0.1) is 11.4 Å². The van der Waals surface area contributed by atoms with E-state index in [2.05, 4.69) is 5.32 Å². The molecule has 156 valence electrons. The number of halogens is 2. The van der Waals surface area contributed by atoms with Crippen LogP contribution in [0.15, 0.2) is 82.2 Å². The summed E-state index contributed by atoms with van der Waals surface area (Å²) in [6, 6.07) is 18.6. The van der Waals surface area contributed by atoms with Gasteiger partial charge in [-0.3, -0.25) is 9.59 Å². The SMILES string of the molecule is Cc1ccc(SC2=C(Nc3ccccc3F)C(=O)N(c3ccc(C)c(Cl)c3)C2=O)cc1. The molecule has 0 aliphatic carbocycles. The molecule has 0 saturated carbocycles. The van der Waals surface area contributed by atoms with Crippen molar-refractivity contribution in [3.05, 3.63) is 99.3 Å². The van der Waals surface area contributed by atoms with Gasteiger partial charge in [0.1, 0.15) is 16.4 Å². The summed E-state index contributed by atoms with van der Waals surface area (Å²) in [7, 11) is 0. The first-order chi connectivity index (χ1) is 14.8. The zero-order chi connectivity index (χ0) is 22.1. The molecule has 0 bridgehead atoms. The molecule has 4 rings (SSSR count). The number of anilines is 2. The van der Waals surface area contributed by atoms with Crippen LogP contribution in [0.4, 0.5) is 15.8 Å². The molecule has 2 amide bonds. The van der Waals surface area contributed by atoms with Gasteiger partial charge >= 0.3 is 0 Å². The monoisotopic (exact) mass is 452 g/mol. The van der Waals surface area contributed by atoms with Crippen molar-refractivity contribution >= 4 is 46.6 Å². The van der Waals surface area contributed by atoms with Gasteiger partial charge < -0.3 is 5.32 Å². The molecule has 0 atom stereocenters. The first kappa shape index (κ1) is 21.2. The second kappa shape index (κ2) is 8.57. The third-order valence-electron chi connectivity index (χ3n) is 4.83. The molecular weight excluding hydrogens is 435 g/mol. The van der Waals surface area contributed by atoms with Crippen molar-refractivity contribution in [2.45, 2.75) is 18.7 Å². The first-order valence-corrected chi connectivity index (χ1v) is 10.7. The molecule has 0 unspecified atom stereocenters. The van der Waals surface area contributed by atoms with E-state index >= 15 is 0 Å². The van der Waals surface area contributed by atoms with Crippen molar-refractivity contribution in [1.82, 2.24) is 0 Å². The fourth-order valence-corrected chi connectivity index (χ4v) is 4.19. The Balaban J connectivity index is 1.77. The second-order valence-electron chi connectivity index (χ2n) is 7.10. The molecule has 1 heterocycles. The summed E-state index contributed by atoms with van der Waals surface area (Å²) in [5, 5.41) is 3.28. The van der Waals surface area contributed by atoms with Crippen LogP contribution in [-0.2, 0) is 9.59 Å². The lowest BCUT2D eigenvalue weighted by Gasteiger charge is -2.16. The number of nitrogens with zero attached hydrogens (tertiary/aromatic N) is 1. The van der Waals surface area contributed by atoms with Crippen LogP contribution in [0.1, 0.15) is 11.1 Å². The van der Waals surface area contributed by atoms with E-state index in [1.54, 1.807) is 30.3 Å². The summed E-state index contributed by atoms with van der Waals surface area (Å²) in [5.74, 6) is -1.58. The lowest BCUT2D eigenvalue weighted by molar-refractivity contribution is -0.120. The molecule has 0 saturated heterocycles. The van der Waals surface area contributed by atoms with Crippen LogP contribution >= 0.6 is 23.4 Å². The highest BCUT2D eigenvalue weighted by atomic mass is 35.5. The highest BCUT2D eigenvalue weighted by Gasteiger charge is 2.40. The summed E-state index contributed by atoms with van der Waals surface area (Å²) in [6.07, 6.45) is 0. The highest BCUT2D eigenvalue weighted by molar-refractivity contribution is 8.04. The Kier molecular flexibility index (Phi) is 5.85. The van der Waals surface area contributed by atoms with Gasteiger partial charge in [0, 0.05) is 9.92 Å². The summed E-state index contributed by atoms with van der Waals surface area (Å²) < 4.78 is 14.3. The Morgan fingerprint density at radius 1 is 0.935 bits per heavy atom. The predicted molar refractivity (Wildman–Crippen MR) is 123 cm³/mol. The number of benzene rings is 3. The molecule has 0 spiro atoms. The number of amides is 2. The fourth-order valence-electron chi connectivity index (χ4n) is 3.09. The van der Waals surface area contributed by atoms with Gasteiger partial charge in [0.2, 0.25) is 0 Å². The smallest absolute Gasteiger partial charge is 0.283 e. The Hall–Kier alpha value is -3.09. The van der Waals surface area contributed by atoms with Gasteiger partial charge in [0.25, 0.3) is 11.8 Å². The van der Waals surface area contributed by atoms with E-state index < -0.39 is 17.6 Å². The average Bonchev–Trinajstić information content (AvgIpc) is 2.97. The number of rotatable bonds is 5. The molecule has 0 radical (unpaired) electrons. The maximum absolute atomic E-state index is 14.3. The molecular formula is C24H18ClFN2O2S. The number of hydrogen-bond acceptors (Lipinski definition) is 4. The zero-order valence-electron chi connectivity index (χ0n) is 16.8. The molecule has 1 N–H and O–H groups in total. The Labute approximate surface area is 188 Å². The number of aryl methyl sites for hydroxylation is 2. The normalized spacial score (nSPS) is 13.9. The van der Waals surface area contributed by atoms with E-state index in [9.17, 15) is 14.0 Å². The minimum Gasteiger partial charge on any atom is -0.348 e. The van der Waals surface area contributed by atoms with Crippen LogP contribution in [0.2, 0.25) is 5.02 Å². The molecule has 3 aromatic rings. The highest BCUT2D eigenvalue weighted by Crippen LogP contribution is 2.38. The topological polar surface area (TPSA) is 49.4 Å². The van der Waals surface area contributed by atoms with Crippen LogP contribution < -0.4 is 10.2 Å². The van der Waals surface area contributed by atoms with Crippen molar-refractivity contribution in [2.75, 3.05) is 10.2 Å². The molecule has 7 heteroatoms. The van der Waals surface area contributed by atoms with E-state index in [4.69, 9.17) is 11.6 Å². The van der Waals surface area contributed by atoms with Crippen LogP contribution in [-0.4, -0.2) is 11.8 Å². The largest absolute Gasteiger partial charge is 0.348 e. The Morgan fingerprint density at radius 3 is 2.32 bits per heavy atom. The van der Waals surface area contributed by atoms with E-state index in [0.717, 1.165) is 32.7 Å². The standard InChI is InChI=1S/C24H18ClFN2O2S/c1-14-7-11-17(12-8-14)31-22-21(27-20-6-4-3-5-19(20)26)23(29)28(24(22)30)16-10-9-15(2)18(25)13-16/h3-13,27H,1-2H3. The number of imide groups is 1. The maximum atomic E-state index is 14.3. The van der Waals surface area contributed by atoms with Crippen LogP contribution in [0.3, 0.4) is 0 Å². The third kappa shape index (κ3) is 4.22. The molecule has 1 aliphatic heterocycles. The predicted octanol–water partition coefficient (Wildman–Crippen LogP) is 6.09. The van der Waals surface area contributed by atoms with Gasteiger partial charge in [-0.05, 0) is 55.8 Å². The van der Waals surface area contributed by atoms with Gasteiger partial charge in [-0.2, -0.15) is 0 Å². The second-order valence-corrected chi connectivity index (χ2v) is 8.59. The summed E-state index contributed by atoms with van der Waals surface area (Å²) in [6.45, 7) is 3.80. The third-order valence-corrected chi connectivity index (χ3v) is 6.33. The number of para-hydroxylation sites is 1. The Bertz CT molecular complexity index is 1220. The molecule has 1 aliphatic rings. The fraction of sp³-hybridized carbons (Fsp3) is 0.0833. The summed E-state index contributed by atoms with van der Waals surface area (Å²) >= 11 is 7.38. The van der Waals surface area contributed by atoms with Crippen LogP contribution in [0.5, 0.6) is 0 Å². The van der Waals surface area contributed by atoms with E-state index in [0.29, 0.717) is 10.7 Å². The van der Waals surface area contributed by atoms with Gasteiger partial charge in [-0.15, -0.1) is 0 Å². The molecule has 31 heavy (non-hydrogen) atoms. The van der Waals surface area contributed by atoms with Crippen molar-refractivity contribution in [1.29, 1.82) is 0 Å². The van der Waals surface area contributed by atoms with Gasteiger partial charge in [-0.1, -0.05) is 59.3 Å². The van der Waals surface area contributed by atoms with Crippen LogP contribution in [0, 0.1) is 19.7 Å². The van der Waals surface area contributed by atoms with Crippen molar-refractivity contribution in [2.24, 2.45) is 0 Å². The number of carbonyl (C=O) groups is 2. The number of thioether (sulfide) groups is 1. The minimum absolute atomic E-state index is 0.0253. The number of nitrogens with one attached hydrogen (secondary N) is 1. The quantitative estimate of drug-likeness (QED) is 0.476. The molecule has 3 aromatic carbocycles. The van der Waals surface area contributed by atoms with Gasteiger partial charge in [-0.25, -0.2) is 9.29 Å². The van der Waals surface area contributed by atoms with Crippen LogP contribution in [0.25, 0.3) is 0 Å². The molecule has 4 nitrogen and oxygen atoms in total. The minimum atomic E-state index is -0.567. The number of hydrogen-bond donors (Lipinski definition) is 1. The molecule has 0 aromatic heterocycles. The van der Waals surface area contributed by atoms with E-state index in [1.807, 2.05) is 38.1 Å². The lowest BCUT2D eigenvalue weighted by atomic mass is 10.2. The maximum Gasteiger partial charge on any atom is 0.283 e. The van der Waals surface area contributed by atoms with Crippen molar-refractivity contribution < 1.29 is 14.0 Å². The van der Waals surface area contributed by atoms with E-state index in [1.165, 1.54) is 12.1 Å². The van der Waals surface area contributed by atoms with Crippen molar-refractivity contribution in [3.8, 4) is 0 Å². The average molecular weight is 453 g/mol. The van der Waals surface area contributed by atoms with Crippen molar-refractivity contribution in [3.63, 3.8) is 0 Å². The summed E-state index contributed by atoms with van der Waals surface area (Å²) in [5.41, 5.74) is 2.41. The van der Waals surface area contributed by atoms with E-state index in [-0.39, 0.29) is 16.3 Å². The lowest BCUT2D eigenvalue weighted by Crippen LogP contribution is -2.32. The zero-order valence-corrected chi connectivity index (χ0v) is 18.4. The Morgan fingerprint density at radius 2 is 1.65 bits per heavy atom. The molecule has 0 fully saturated rings. The number of carbonyl (C=O) groups excluding carboxylic acids is 2. The summed E-state index contributed by atoms with van der Waals surface area (Å²) in [4.78, 5) is 28.6.